The topological polar surface area (TPSA) is 126 Å². The Morgan fingerprint density at radius 3 is 2.50 bits per heavy atom. The number of hydrazone groups is 1. The van der Waals surface area contributed by atoms with Crippen LogP contribution in [-0.2, 0) is 9.53 Å². The lowest BCUT2D eigenvalue weighted by molar-refractivity contribution is -0.386. The molecule has 2 heterocycles. The number of benzene rings is 2. The molecule has 2 aliphatic heterocycles. The molecule has 3 amide bonds. The predicted octanol–water partition coefficient (Wildman–Crippen LogP) is 3.25. The molecule has 0 bridgehead atoms. The number of amides is 3. The summed E-state index contributed by atoms with van der Waals surface area (Å²) in [6.07, 6.45) is -1.21. The quantitative estimate of drug-likeness (QED) is 0.559. The van der Waals surface area contributed by atoms with Crippen LogP contribution >= 0.6 is 0 Å². The van der Waals surface area contributed by atoms with E-state index in [2.05, 4.69) is 15.7 Å². The fraction of sp³-hybridized carbons (Fsp3) is 0.190. The predicted molar refractivity (Wildman–Crippen MR) is 110 cm³/mol. The number of ether oxygens (including phenoxy) is 1. The number of nitro benzene ring substituents is 1. The molecule has 2 aromatic rings. The summed E-state index contributed by atoms with van der Waals surface area (Å²) in [4.78, 5) is 35.3. The highest BCUT2D eigenvalue weighted by Gasteiger charge is 2.41. The van der Waals surface area contributed by atoms with E-state index >= 15 is 0 Å². The number of carbonyl (C=O) groups excluding carboxylic acids is 2. The summed E-state index contributed by atoms with van der Waals surface area (Å²) >= 11 is 0. The van der Waals surface area contributed by atoms with Crippen molar-refractivity contribution in [2.24, 2.45) is 5.10 Å². The Balaban J connectivity index is 1.80. The Morgan fingerprint density at radius 2 is 1.84 bits per heavy atom. The molecule has 2 unspecified atom stereocenters. The van der Waals surface area contributed by atoms with E-state index in [4.69, 9.17) is 4.74 Å². The normalized spacial score (nSPS) is 20.3. The SMILES string of the molecule is CC(=O)N1N=C(C2=C(C)NC(=O)NC2c2ccccc2F)OC1c1ccccc1[N+](=O)[O-]. The van der Waals surface area contributed by atoms with Crippen LogP contribution < -0.4 is 10.6 Å². The van der Waals surface area contributed by atoms with Crippen molar-refractivity contribution in [2.45, 2.75) is 26.1 Å². The second-order valence-corrected chi connectivity index (χ2v) is 7.15. The molecule has 0 radical (unpaired) electrons. The lowest BCUT2D eigenvalue weighted by Crippen LogP contribution is -2.45. The number of urea groups is 1. The summed E-state index contributed by atoms with van der Waals surface area (Å²) in [6.45, 7) is 2.83. The van der Waals surface area contributed by atoms with E-state index < -0.39 is 34.9 Å². The molecule has 2 aromatic carbocycles. The average Bonchev–Trinajstić information content (AvgIpc) is 3.18. The summed E-state index contributed by atoms with van der Waals surface area (Å²) in [5.41, 5.74) is 0.688. The van der Waals surface area contributed by atoms with E-state index in [1.54, 1.807) is 19.1 Å². The van der Waals surface area contributed by atoms with E-state index in [1.165, 1.54) is 43.3 Å². The minimum Gasteiger partial charge on any atom is -0.446 e. The van der Waals surface area contributed by atoms with Crippen LogP contribution in [-0.4, -0.2) is 27.8 Å². The summed E-state index contributed by atoms with van der Waals surface area (Å²) in [5.74, 6) is -1.14. The third-order valence-corrected chi connectivity index (χ3v) is 5.08. The fourth-order valence-electron chi connectivity index (χ4n) is 3.66. The average molecular weight is 439 g/mol. The van der Waals surface area contributed by atoms with Crippen molar-refractivity contribution in [1.82, 2.24) is 15.6 Å². The Morgan fingerprint density at radius 1 is 1.19 bits per heavy atom. The molecule has 10 nitrogen and oxygen atoms in total. The molecule has 0 spiro atoms. The first-order valence-electron chi connectivity index (χ1n) is 9.59. The maximum Gasteiger partial charge on any atom is 0.319 e. The molecule has 0 aliphatic carbocycles. The van der Waals surface area contributed by atoms with Crippen molar-refractivity contribution in [3.8, 4) is 0 Å². The van der Waals surface area contributed by atoms with Gasteiger partial charge in [0.15, 0.2) is 0 Å². The van der Waals surface area contributed by atoms with E-state index in [-0.39, 0.29) is 22.7 Å². The molecule has 2 N–H and O–H groups in total. The van der Waals surface area contributed by atoms with Gasteiger partial charge in [0.25, 0.3) is 5.69 Å². The lowest BCUT2D eigenvalue weighted by atomic mass is 9.95. The minimum absolute atomic E-state index is 0.0680. The van der Waals surface area contributed by atoms with Crippen LogP contribution in [0.4, 0.5) is 14.9 Å². The van der Waals surface area contributed by atoms with Gasteiger partial charge in [-0.05, 0) is 19.1 Å². The van der Waals surface area contributed by atoms with Crippen molar-refractivity contribution in [3.05, 3.63) is 86.9 Å². The van der Waals surface area contributed by atoms with Crippen molar-refractivity contribution >= 4 is 23.5 Å². The van der Waals surface area contributed by atoms with Gasteiger partial charge in [0.05, 0.1) is 22.1 Å². The van der Waals surface area contributed by atoms with Crippen LogP contribution in [0.3, 0.4) is 0 Å². The van der Waals surface area contributed by atoms with E-state index in [0.717, 1.165) is 5.01 Å². The molecular weight excluding hydrogens is 421 g/mol. The Hall–Kier alpha value is -4.28. The zero-order valence-electron chi connectivity index (χ0n) is 17.0. The minimum atomic E-state index is -1.21. The Labute approximate surface area is 181 Å². The van der Waals surface area contributed by atoms with Crippen molar-refractivity contribution in [3.63, 3.8) is 0 Å². The summed E-state index contributed by atoms with van der Waals surface area (Å²) in [5, 5.41) is 21.9. The van der Waals surface area contributed by atoms with Crippen LogP contribution in [0, 0.1) is 15.9 Å². The Bertz CT molecular complexity index is 1190. The molecule has 0 saturated carbocycles. The molecular formula is C21H18FN5O5. The van der Waals surface area contributed by atoms with Crippen molar-refractivity contribution in [1.29, 1.82) is 0 Å². The van der Waals surface area contributed by atoms with E-state index in [1.807, 2.05) is 0 Å². The number of para-hydroxylation sites is 1. The number of hydrogen-bond acceptors (Lipinski definition) is 6. The molecule has 2 atom stereocenters. The van der Waals surface area contributed by atoms with Gasteiger partial charge in [-0.25, -0.2) is 9.18 Å². The summed E-state index contributed by atoms with van der Waals surface area (Å²) in [6, 6.07) is 10.2. The molecule has 32 heavy (non-hydrogen) atoms. The van der Waals surface area contributed by atoms with Crippen LogP contribution in [0.25, 0.3) is 0 Å². The molecule has 0 fully saturated rings. The number of nitrogens with one attached hydrogen (secondary N) is 2. The number of rotatable bonds is 4. The fourth-order valence-corrected chi connectivity index (χ4v) is 3.66. The third-order valence-electron chi connectivity index (χ3n) is 5.08. The monoisotopic (exact) mass is 439 g/mol. The molecule has 4 rings (SSSR count). The second-order valence-electron chi connectivity index (χ2n) is 7.15. The molecule has 0 saturated heterocycles. The van der Waals surface area contributed by atoms with Crippen LogP contribution in [0.15, 0.2) is 64.9 Å². The maximum atomic E-state index is 14.6. The number of nitrogens with zero attached hydrogens (tertiary/aromatic N) is 3. The first kappa shape index (κ1) is 21.0. The van der Waals surface area contributed by atoms with Gasteiger partial charge in [-0.15, -0.1) is 5.10 Å². The molecule has 0 aromatic heterocycles. The van der Waals surface area contributed by atoms with Gasteiger partial charge in [-0.3, -0.25) is 14.9 Å². The third kappa shape index (κ3) is 3.64. The number of halogens is 1. The second kappa shape index (κ2) is 8.10. The zero-order chi connectivity index (χ0) is 23.0. The van der Waals surface area contributed by atoms with Gasteiger partial charge >= 0.3 is 6.03 Å². The first-order valence-corrected chi connectivity index (χ1v) is 9.59. The van der Waals surface area contributed by atoms with Gasteiger partial charge < -0.3 is 15.4 Å². The van der Waals surface area contributed by atoms with Crippen molar-refractivity contribution in [2.75, 3.05) is 0 Å². The standard InChI is InChI=1S/C21H18FN5O5/c1-11-17(18(24-21(29)23-11)13-7-3-5-9-15(13)22)19-25-26(12(2)28)20(32-19)14-8-4-6-10-16(14)27(30)31/h3-10,18,20H,1-2H3,(H2,23,24,29). The van der Waals surface area contributed by atoms with Gasteiger partial charge in [0.2, 0.25) is 18.0 Å². The highest BCUT2D eigenvalue weighted by Crippen LogP contribution is 2.38. The van der Waals surface area contributed by atoms with Gasteiger partial charge in [-0.2, -0.15) is 5.01 Å². The van der Waals surface area contributed by atoms with Crippen LogP contribution in [0.2, 0.25) is 0 Å². The highest BCUT2D eigenvalue weighted by molar-refractivity contribution is 6.00. The van der Waals surface area contributed by atoms with Crippen LogP contribution in [0.1, 0.15) is 37.2 Å². The zero-order valence-corrected chi connectivity index (χ0v) is 17.0. The van der Waals surface area contributed by atoms with Gasteiger partial charge in [-0.1, -0.05) is 30.3 Å². The smallest absolute Gasteiger partial charge is 0.319 e. The summed E-state index contributed by atoms with van der Waals surface area (Å²) < 4.78 is 20.5. The van der Waals surface area contributed by atoms with Gasteiger partial charge in [0, 0.05) is 24.3 Å². The van der Waals surface area contributed by atoms with Gasteiger partial charge in [0.1, 0.15) is 5.82 Å². The van der Waals surface area contributed by atoms with E-state index in [0.29, 0.717) is 11.3 Å². The number of nitro groups is 1. The molecule has 164 valence electrons. The number of hydrogen-bond donors (Lipinski definition) is 2. The maximum absolute atomic E-state index is 14.6. The summed E-state index contributed by atoms with van der Waals surface area (Å²) in [7, 11) is 0. The van der Waals surface area contributed by atoms with Crippen molar-refractivity contribution < 1.29 is 23.6 Å². The molecule has 2 aliphatic rings. The first-order chi connectivity index (χ1) is 15.3. The van der Waals surface area contributed by atoms with Crippen LogP contribution in [0.5, 0.6) is 0 Å². The van der Waals surface area contributed by atoms with E-state index in [9.17, 15) is 24.1 Å². The largest absolute Gasteiger partial charge is 0.446 e. The Kier molecular flexibility index (Phi) is 5.31. The number of carbonyl (C=O) groups is 2. The lowest BCUT2D eigenvalue weighted by Gasteiger charge is -2.29. The molecule has 11 heteroatoms. The highest BCUT2D eigenvalue weighted by atomic mass is 19.1. The number of allylic oxidation sites excluding steroid dienone is 1.